The van der Waals surface area contributed by atoms with Crippen LogP contribution >= 0.6 is 39.1 Å². The lowest BCUT2D eigenvalue weighted by atomic mass is 10.1. The molecule has 0 radical (unpaired) electrons. The summed E-state index contributed by atoms with van der Waals surface area (Å²) in [6.45, 7) is 0. The Morgan fingerprint density at radius 1 is 1.20 bits per heavy atom. The van der Waals surface area contributed by atoms with E-state index >= 15 is 0 Å². The lowest BCUT2D eigenvalue weighted by Crippen LogP contribution is -2.12. The fraction of sp³-hybridized carbons (Fsp3) is 0.0500. The zero-order chi connectivity index (χ0) is 21.4. The number of hydrogen-bond acceptors (Lipinski definition) is 5. The van der Waals surface area contributed by atoms with Crippen molar-refractivity contribution in [1.29, 1.82) is 0 Å². The lowest BCUT2D eigenvalue weighted by Gasteiger charge is -2.12. The molecule has 0 unspecified atom stereocenters. The van der Waals surface area contributed by atoms with E-state index < -0.39 is 5.91 Å². The summed E-state index contributed by atoms with van der Waals surface area (Å²) in [5.74, 6) is 0.566. The van der Waals surface area contributed by atoms with Gasteiger partial charge in [0.05, 0.1) is 33.8 Å². The number of methoxy groups -OCH3 is 1. The monoisotopic (exact) mass is 505 g/mol. The molecule has 0 aliphatic carbocycles. The number of carbonyl (C=O) groups excluding carboxylic acids is 1. The number of halogens is 3. The Balaban J connectivity index is 1.96. The number of hydrogen-bond donors (Lipinski definition) is 2. The average Bonchev–Trinajstić information content (AvgIpc) is 3.06. The van der Waals surface area contributed by atoms with Crippen LogP contribution in [0, 0.1) is 0 Å². The van der Waals surface area contributed by atoms with E-state index in [0.717, 1.165) is 10.2 Å². The molecule has 152 valence electrons. The van der Waals surface area contributed by atoms with Crippen LogP contribution in [0.2, 0.25) is 10.0 Å². The van der Waals surface area contributed by atoms with Crippen LogP contribution in [-0.2, 0) is 0 Å². The molecule has 0 saturated carbocycles. The highest BCUT2D eigenvalue weighted by Gasteiger charge is 2.19. The van der Waals surface area contributed by atoms with Crippen LogP contribution in [0.3, 0.4) is 0 Å². The number of nitrogens with zero attached hydrogens (tertiary/aromatic N) is 3. The van der Waals surface area contributed by atoms with Gasteiger partial charge in [0, 0.05) is 22.4 Å². The van der Waals surface area contributed by atoms with E-state index in [1.807, 2.05) is 28.8 Å². The van der Waals surface area contributed by atoms with Gasteiger partial charge in [0.2, 0.25) is 5.95 Å². The van der Waals surface area contributed by atoms with Crippen molar-refractivity contribution < 1.29 is 9.53 Å². The van der Waals surface area contributed by atoms with Crippen molar-refractivity contribution in [3.63, 3.8) is 0 Å². The minimum atomic E-state index is -0.608. The Morgan fingerprint density at radius 3 is 2.57 bits per heavy atom. The molecule has 4 aromatic rings. The fourth-order valence-corrected chi connectivity index (χ4v) is 3.71. The van der Waals surface area contributed by atoms with Gasteiger partial charge in [0.15, 0.2) is 5.82 Å². The van der Waals surface area contributed by atoms with Crippen molar-refractivity contribution in [3.05, 3.63) is 68.7 Å². The number of pyridine rings is 1. The van der Waals surface area contributed by atoms with Gasteiger partial charge < -0.3 is 15.8 Å². The summed E-state index contributed by atoms with van der Waals surface area (Å²) < 4.78 is 8.16. The van der Waals surface area contributed by atoms with Gasteiger partial charge >= 0.3 is 0 Å². The van der Waals surface area contributed by atoms with Crippen LogP contribution in [0.1, 0.15) is 10.4 Å². The largest absolute Gasteiger partial charge is 0.496 e. The van der Waals surface area contributed by atoms with E-state index in [1.54, 1.807) is 18.2 Å². The standard InChI is InChI=1S/C20H14BrCl2N5O2/c1-30-17-8-16-15(7-13(17)18(24)29)26-20(27-19-14(23)6-11(22)9-25-19)28(16)12-4-2-10(21)3-5-12/h2-9H,1H3,(H2,24,29)(H,25,26,27). The highest BCUT2D eigenvalue weighted by Crippen LogP contribution is 2.33. The molecule has 2 aromatic carbocycles. The molecule has 7 nitrogen and oxygen atoms in total. The molecule has 0 aliphatic rings. The lowest BCUT2D eigenvalue weighted by molar-refractivity contribution is 0.0997. The van der Waals surface area contributed by atoms with Crippen molar-refractivity contribution in [2.45, 2.75) is 0 Å². The quantitative estimate of drug-likeness (QED) is 0.381. The van der Waals surface area contributed by atoms with Gasteiger partial charge in [-0.15, -0.1) is 0 Å². The van der Waals surface area contributed by atoms with Gasteiger partial charge in [0.1, 0.15) is 5.75 Å². The predicted octanol–water partition coefficient (Wildman–Crippen LogP) is 5.34. The van der Waals surface area contributed by atoms with Crippen LogP contribution in [0.5, 0.6) is 5.75 Å². The molecule has 0 fully saturated rings. The van der Waals surface area contributed by atoms with Gasteiger partial charge in [-0.25, -0.2) is 9.97 Å². The number of primary amides is 1. The Kier molecular flexibility index (Phi) is 5.55. The van der Waals surface area contributed by atoms with E-state index in [-0.39, 0.29) is 5.56 Å². The van der Waals surface area contributed by atoms with Gasteiger partial charge in [-0.05, 0) is 36.4 Å². The Morgan fingerprint density at radius 2 is 1.93 bits per heavy atom. The Bertz CT molecular complexity index is 1270. The second-order valence-electron chi connectivity index (χ2n) is 6.26. The number of aromatic nitrogens is 3. The van der Waals surface area contributed by atoms with Crippen LogP contribution in [0.4, 0.5) is 11.8 Å². The first-order valence-corrected chi connectivity index (χ1v) is 10.2. The predicted molar refractivity (Wildman–Crippen MR) is 121 cm³/mol. The summed E-state index contributed by atoms with van der Waals surface area (Å²) in [7, 11) is 1.48. The normalized spacial score (nSPS) is 10.9. The summed E-state index contributed by atoms with van der Waals surface area (Å²) in [6.07, 6.45) is 1.48. The topological polar surface area (TPSA) is 95.1 Å². The maximum Gasteiger partial charge on any atom is 0.252 e. The summed E-state index contributed by atoms with van der Waals surface area (Å²) in [5.41, 5.74) is 7.80. The number of carbonyl (C=O) groups is 1. The molecule has 2 aromatic heterocycles. The Hall–Kier alpha value is -2.81. The SMILES string of the molecule is COc1cc2c(cc1C(N)=O)nc(Nc1ncc(Cl)cc1Cl)n2-c1ccc(Br)cc1. The molecule has 4 rings (SSSR count). The molecule has 0 aliphatic heterocycles. The smallest absolute Gasteiger partial charge is 0.252 e. The number of amides is 1. The summed E-state index contributed by atoms with van der Waals surface area (Å²) >= 11 is 15.7. The molecular weight excluding hydrogens is 493 g/mol. The molecule has 0 spiro atoms. The van der Waals surface area contributed by atoms with Crippen molar-refractivity contribution in [1.82, 2.24) is 14.5 Å². The number of benzene rings is 2. The van der Waals surface area contributed by atoms with E-state index in [0.29, 0.717) is 38.6 Å². The second kappa shape index (κ2) is 8.14. The van der Waals surface area contributed by atoms with E-state index in [1.165, 1.54) is 13.3 Å². The minimum Gasteiger partial charge on any atom is -0.496 e. The van der Waals surface area contributed by atoms with Gasteiger partial charge in [-0.2, -0.15) is 0 Å². The molecule has 2 heterocycles. The van der Waals surface area contributed by atoms with Gasteiger partial charge in [0.25, 0.3) is 5.91 Å². The van der Waals surface area contributed by atoms with Crippen LogP contribution in [-0.4, -0.2) is 27.6 Å². The zero-order valence-corrected chi connectivity index (χ0v) is 18.6. The van der Waals surface area contributed by atoms with E-state index in [9.17, 15) is 4.79 Å². The Labute approximate surface area is 189 Å². The van der Waals surface area contributed by atoms with Crippen molar-refractivity contribution in [2.75, 3.05) is 12.4 Å². The number of rotatable bonds is 5. The van der Waals surface area contributed by atoms with Crippen LogP contribution < -0.4 is 15.8 Å². The van der Waals surface area contributed by atoms with Gasteiger partial charge in [-0.1, -0.05) is 39.1 Å². The number of nitrogens with one attached hydrogen (secondary N) is 1. The number of anilines is 2. The van der Waals surface area contributed by atoms with Crippen LogP contribution in [0.15, 0.2) is 53.1 Å². The molecule has 0 bridgehead atoms. The van der Waals surface area contributed by atoms with Crippen molar-refractivity contribution in [3.8, 4) is 11.4 Å². The first kappa shape index (κ1) is 20.5. The highest BCUT2D eigenvalue weighted by atomic mass is 79.9. The maximum atomic E-state index is 11.8. The summed E-state index contributed by atoms with van der Waals surface area (Å²) in [5, 5.41) is 3.90. The summed E-state index contributed by atoms with van der Waals surface area (Å²) in [6, 6.07) is 12.5. The third kappa shape index (κ3) is 3.81. The molecule has 10 heteroatoms. The number of ether oxygens (including phenoxy) is 1. The number of nitrogens with two attached hydrogens (primary N) is 1. The number of imidazole rings is 1. The first-order chi connectivity index (χ1) is 14.4. The maximum absolute atomic E-state index is 11.8. The zero-order valence-electron chi connectivity index (χ0n) is 15.5. The minimum absolute atomic E-state index is 0.236. The summed E-state index contributed by atoms with van der Waals surface area (Å²) in [4.78, 5) is 20.7. The average molecular weight is 507 g/mol. The molecule has 3 N–H and O–H groups in total. The molecular formula is C20H14BrCl2N5O2. The fourth-order valence-electron chi connectivity index (χ4n) is 3.01. The molecule has 0 atom stereocenters. The second-order valence-corrected chi connectivity index (χ2v) is 8.02. The molecule has 1 amide bonds. The van der Waals surface area contributed by atoms with Gasteiger partial charge in [-0.3, -0.25) is 9.36 Å². The molecule has 0 saturated heterocycles. The van der Waals surface area contributed by atoms with Crippen LogP contribution in [0.25, 0.3) is 16.7 Å². The number of fused-ring (bicyclic) bond motifs is 1. The van der Waals surface area contributed by atoms with Crippen molar-refractivity contribution >= 4 is 67.8 Å². The highest BCUT2D eigenvalue weighted by molar-refractivity contribution is 9.10. The first-order valence-electron chi connectivity index (χ1n) is 8.61. The third-order valence-electron chi connectivity index (χ3n) is 4.36. The molecule has 30 heavy (non-hydrogen) atoms. The van der Waals surface area contributed by atoms with Crippen molar-refractivity contribution in [2.24, 2.45) is 5.73 Å². The van der Waals surface area contributed by atoms with E-state index in [2.05, 4.69) is 31.2 Å². The van der Waals surface area contributed by atoms with E-state index in [4.69, 9.17) is 33.7 Å². The third-order valence-corrected chi connectivity index (χ3v) is 5.39.